The van der Waals surface area contributed by atoms with E-state index < -0.39 is 5.91 Å². The van der Waals surface area contributed by atoms with Gasteiger partial charge in [0.05, 0.1) is 13.2 Å². The molecule has 0 aliphatic rings. The van der Waals surface area contributed by atoms with Gasteiger partial charge in [0.2, 0.25) is 0 Å². The monoisotopic (exact) mass is 364 g/mol. The van der Waals surface area contributed by atoms with Crippen LogP contribution in [-0.2, 0) is 4.79 Å². The topological polar surface area (TPSA) is 71.3 Å². The molecule has 2 aromatic carbocycles. The number of ether oxygens (including phenoxy) is 2. The number of anilines is 1. The van der Waals surface area contributed by atoms with Crippen LogP contribution in [0.4, 0.5) is 5.69 Å². The molecule has 1 amide bonds. The van der Waals surface area contributed by atoms with E-state index in [4.69, 9.17) is 9.47 Å². The predicted molar refractivity (Wildman–Crippen MR) is 107 cm³/mol. The minimum absolute atomic E-state index is 0.00493. The lowest BCUT2D eigenvalue weighted by atomic mass is 10.1. The van der Waals surface area contributed by atoms with Crippen molar-refractivity contribution >= 4 is 17.7 Å². The molecule has 5 heteroatoms. The third-order valence-corrected chi connectivity index (χ3v) is 3.89. The van der Waals surface area contributed by atoms with Crippen LogP contribution in [0.3, 0.4) is 0 Å². The van der Waals surface area contributed by atoms with E-state index in [0.717, 1.165) is 11.1 Å². The van der Waals surface area contributed by atoms with Crippen LogP contribution in [0.15, 0.2) is 42.0 Å². The number of nitrogens with one attached hydrogen (secondary N) is 1. The molecule has 0 aliphatic carbocycles. The average molecular weight is 364 g/mol. The molecule has 1 N–H and O–H groups in total. The van der Waals surface area contributed by atoms with Crippen LogP contribution < -0.4 is 14.8 Å². The van der Waals surface area contributed by atoms with Gasteiger partial charge in [-0.2, -0.15) is 5.26 Å². The Hall–Kier alpha value is -3.26. The van der Waals surface area contributed by atoms with Crippen LogP contribution in [0.5, 0.6) is 11.5 Å². The van der Waals surface area contributed by atoms with E-state index in [9.17, 15) is 10.1 Å². The Bertz CT molecular complexity index is 908. The fourth-order valence-electron chi connectivity index (χ4n) is 2.48. The Morgan fingerprint density at radius 3 is 2.56 bits per heavy atom. The second kappa shape index (κ2) is 8.91. The van der Waals surface area contributed by atoms with Gasteiger partial charge < -0.3 is 14.8 Å². The van der Waals surface area contributed by atoms with Crippen molar-refractivity contribution in [3.05, 3.63) is 58.7 Å². The van der Waals surface area contributed by atoms with Crippen LogP contribution in [-0.4, -0.2) is 19.1 Å². The Morgan fingerprint density at radius 2 is 1.93 bits per heavy atom. The summed E-state index contributed by atoms with van der Waals surface area (Å²) in [7, 11) is 1.57. The fourth-order valence-corrected chi connectivity index (χ4v) is 2.48. The van der Waals surface area contributed by atoms with Gasteiger partial charge in [-0.1, -0.05) is 12.1 Å². The summed E-state index contributed by atoms with van der Waals surface area (Å²) in [6.07, 6.45) is 1.47. The summed E-state index contributed by atoms with van der Waals surface area (Å²) < 4.78 is 11.0. The summed E-state index contributed by atoms with van der Waals surface area (Å²) in [5, 5.41) is 12.3. The maximum atomic E-state index is 12.6. The third kappa shape index (κ3) is 5.35. The lowest BCUT2D eigenvalue weighted by molar-refractivity contribution is -0.112. The highest BCUT2D eigenvalue weighted by atomic mass is 16.5. The highest BCUT2D eigenvalue weighted by molar-refractivity contribution is 6.10. The standard InChI is InChI=1S/C22H24N2O3/c1-14(2)27-21-12-19(26-5)9-8-17(21)11-18(13-23)22(25)24-20-10-15(3)6-7-16(20)4/h6-12,14H,1-5H3,(H,24,25)/b18-11+. The van der Waals surface area contributed by atoms with Gasteiger partial charge in [0.15, 0.2) is 0 Å². The molecule has 5 nitrogen and oxygen atoms in total. The second-order valence-electron chi connectivity index (χ2n) is 6.51. The molecule has 0 aliphatic heterocycles. The molecule has 2 aromatic rings. The summed E-state index contributed by atoms with van der Waals surface area (Å²) >= 11 is 0. The van der Waals surface area contributed by atoms with Crippen molar-refractivity contribution in [2.45, 2.75) is 33.8 Å². The van der Waals surface area contributed by atoms with E-state index in [-0.39, 0.29) is 11.7 Å². The van der Waals surface area contributed by atoms with Crippen molar-refractivity contribution in [1.29, 1.82) is 5.26 Å². The van der Waals surface area contributed by atoms with Crippen molar-refractivity contribution in [2.24, 2.45) is 0 Å². The number of hydrogen-bond donors (Lipinski definition) is 1. The van der Waals surface area contributed by atoms with Gasteiger partial charge in [-0.15, -0.1) is 0 Å². The van der Waals surface area contributed by atoms with Crippen LogP contribution >= 0.6 is 0 Å². The summed E-state index contributed by atoms with van der Waals surface area (Å²) in [5.41, 5.74) is 3.28. The van der Waals surface area contributed by atoms with Gasteiger partial charge in [-0.3, -0.25) is 4.79 Å². The Morgan fingerprint density at radius 1 is 1.19 bits per heavy atom. The largest absolute Gasteiger partial charge is 0.497 e. The Balaban J connectivity index is 2.36. The molecular weight excluding hydrogens is 340 g/mol. The van der Waals surface area contributed by atoms with Crippen molar-refractivity contribution in [1.82, 2.24) is 0 Å². The summed E-state index contributed by atoms with van der Waals surface area (Å²) in [4.78, 5) is 12.6. The first kappa shape index (κ1) is 20.1. The van der Waals surface area contributed by atoms with E-state index >= 15 is 0 Å². The molecule has 0 atom stereocenters. The van der Waals surface area contributed by atoms with Crippen molar-refractivity contribution in [3.8, 4) is 17.6 Å². The molecule has 0 saturated carbocycles. The van der Waals surface area contributed by atoms with Gasteiger partial charge in [0, 0.05) is 17.3 Å². The molecule has 0 aromatic heterocycles. The third-order valence-electron chi connectivity index (χ3n) is 3.89. The highest BCUT2D eigenvalue weighted by Crippen LogP contribution is 2.28. The Labute approximate surface area is 160 Å². The summed E-state index contributed by atoms with van der Waals surface area (Å²) in [5.74, 6) is 0.732. The quantitative estimate of drug-likeness (QED) is 0.598. The summed E-state index contributed by atoms with van der Waals surface area (Å²) in [6.45, 7) is 7.67. The zero-order valence-electron chi connectivity index (χ0n) is 16.3. The zero-order chi connectivity index (χ0) is 20.0. The van der Waals surface area contributed by atoms with Crippen molar-refractivity contribution in [3.63, 3.8) is 0 Å². The molecule has 2 rings (SSSR count). The molecular formula is C22H24N2O3. The van der Waals surface area contributed by atoms with E-state index in [1.54, 1.807) is 25.3 Å². The first-order valence-corrected chi connectivity index (χ1v) is 8.69. The maximum Gasteiger partial charge on any atom is 0.266 e. The number of amides is 1. The Kier molecular flexibility index (Phi) is 6.62. The number of nitrogens with zero attached hydrogens (tertiary/aromatic N) is 1. The van der Waals surface area contributed by atoms with E-state index in [0.29, 0.717) is 22.7 Å². The van der Waals surface area contributed by atoms with Crippen LogP contribution in [0, 0.1) is 25.2 Å². The highest BCUT2D eigenvalue weighted by Gasteiger charge is 2.14. The fraction of sp³-hybridized carbons (Fsp3) is 0.273. The molecule has 27 heavy (non-hydrogen) atoms. The predicted octanol–water partition coefficient (Wildman–Crippen LogP) is 4.64. The number of nitriles is 1. The normalized spacial score (nSPS) is 11.1. The van der Waals surface area contributed by atoms with E-state index in [1.165, 1.54) is 6.08 Å². The van der Waals surface area contributed by atoms with Gasteiger partial charge >= 0.3 is 0 Å². The van der Waals surface area contributed by atoms with E-state index in [2.05, 4.69) is 5.32 Å². The molecule has 0 saturated heterocycles. The smallest absolute Gasteiger partial charge is 0.266 e. The molecule has 0 spiro atoms. The molecule has 0 fully saturated rings. The number of rotatable bonds is 6. The van der Waals surface area contributed by atoms with Gasteiger partial charge in [-0.25, -0.2) is 0 Å². The molecule has 0 radical (unpaired) electrons. The molecule has 140 valence electrons. The van der Waals surface area contributed by atoms with Crippen LogP contribution in [0.1, 0.15) is 30.5 Å². The number of methoxy groups -OCH3 is 1. The molecule has 0 unspecified atom stereocenters. The zero-order valence-corrected chi connectivity index (χ0v) is 16.3. The van der Waals surface area contributed by atoms with Gasteiger partial charge in [0.25, 0.3) is 5.91 Å². The minimum Gasteiger partial charge on any atom is -0.497 e. The minimum atomic E-state index is -0.461. The molecule has 0 heterocycles. The first-order valence-electron chi connectivity index (χ1n) is 8.69. The van der Waals surface area contributed by atoms with Crippen molar-refractivity contribution in [2.75, 3.05) is 12.4 Å². The maximum absolute atomic E-state index is 12.6. The number of benzene rings is 2. The lowest BCUT2D eigenvalue weighted by Crippen LogP contribution is -2.14. The van der Waals surface area contributed by atoms with E-state index in [1.807, 2.05) is 52.0 Å². The second-order valence-corrected chi connectivity index (χ2v) is 6.51. The summed E-state index contributed by atoms with van der Waals surface area (Å²) in [6, 6.07) is 13.0. The number of aryl methyl sites for hydroxylation is 2. The SMILES string of the molecule is COc1ccc(/C=C(\C#N)C(=O)Nc2cc(C)ccc2C)c(OC(C)C)c1. The van der Waals surface area contributed by atoms with Gasteiger partial charge in [0.1, 0.15) is 23.1 Å². The van der Waals surface area contributed by atoms with Gasteiger partial charge in [-0.05, 0) is 63.1 Å². The molecule has 0 bridgehead atoms. The van der Waals surface area contributed by atoms with Crippen LogP contribution in [0.2, 0.25) is 0 Å². The van der Waals surface area contributed by atoms with Crippen molar-refractivity contribution < 1.29 is 14.3 Å². The number of carbonyl (C=O) groups is 1. The number of hydrogen-bond acceptors (Lipinski definition) is 4. The first-order chi connectivity index (χ1) is 12.8. The lowest BCUT2D eigenvalue weighted by Gasteiger charge is -2.14. The average Bonchev–Trinajstić information content (AvgIpc) is 2.63. The number of carbonyl (C=O) groups excluding carboxylic acids is 1. The van der Waals surface area contributed by atoms with Crippen LogP contribution in [0.25, 0.3) is 6.08 Å².